The molecule has 1 aliphatic heterocycles. The Balaban J connectivity index is 1.41. The fourth-order valence-electron chi connectivity index (χ4n) is 4.81. The first-order valence-corrected chi connectivity index (χ1v) is 10.9. The second-order valence-electron chi connectivity index (χ2n) is 8.10. The molecule has 2 heterocycles. The number of hydrogen-bond donors (Lipinski definition) is 0. The molecule has 5 nitrogen and oxygen atoms in total. The van der Waals surface area contributed by atoms with Crippen LogP contribution in [0.4, 0.5) is 0 Å². The van der Waals surface area contributed by atoms with Crippen LogP contribution in [0.2, 0.25) is 5.15 Å². The number of aryl methyl sites for hydroxylation is 3. The van der Waals surface area contributed by atoms with Crippen LogP contribution in [0.3, 0.4) is 0 Å². The van der Waals surface area contributed by atoms with E-state index in [1.54, 1.807) is 13.2 Å². The number of amides is 1. The number of benzene rings is 2. The number of rotatable bonds is 2. The minimum absolute atomic E-state index is 0.0329. The van der Waals surface area contributed by atoms with Crippen LogP contribution in [-0.4, -0.2) is 51.7 Å². The summed E-state index contributed by atoms with van der Waals surface area (Å²) in [6.45, 7) is 3.03. The maximum Gasteiger partial charge on any atom is 0.258 e. The van der Waals surface area contributed by atoms with Gasteiger partial charge in [0.2, 0.25) is 0 Å². The molecule has 3 aromatic rings. The summed E-state index contributed by atoms with van der Waals surface area (Å²) in [7, 11) is 1.75. The van der Waals surface area contributed by atoms with E-state index in [1.165, 1.54) is 26.9 Å². The number of carbonyl (C=O) groups excluding carboxylic acids is 1. The van der Waals surface area contributed by atoms with Crippen LogP contribution in [0, 0.1) is 0 Å². The van der Waals surface area contributed by atoms with Crippen molar-refractivity contribution in [2.75, 3.05) is 26.2 Å². The molecule has 0 bridgehead atoms. The normalized spacial score (nSPS) is 17.3. The lowest BCUT2D eigenvalue weighted by Crippen LogP contribution is -2.50. The van der Waals surface area contributed by atoms with Crippen molar-refractivity contribution in [2.24, 2.45) is 7.05 Å². The number of nitrogens with zero attached hydrogens (tertiary/aromatic N) is 4. The van der Waals surface area contributed by atoms with Gasteiger partial charge >= 0.3 is 0 Å². The second-order valence-corrected chi connectivity index (χ2v) is 8.46. The molecule has 1 amide bonds. The van der Waals surface area contributed by atoms with Crippen molar-refractivity contribution in [3.63, 3.8) is 0 Å². The molecule has 30 heavy (non-hydrogen) atoms. The van der Waals surface area contributed by atoms with E-state index in [0.29, 0.717) is 23.8 Å². The highest BCUT2D eigenvalue weighted by molar-refractivity contribution is 6.32. The number of aromatic nitrogens is 2. The van der Waals surface area contributed by atoms with Gasteiger partial charge in [-0.05, 0) is 35.1 Å². The van der Waals surface area contributed by atoms with Crippen molar-refractivity contribution in [1.82, 2.24) is 19.6 Å². The van der Waals surface area contributed by atoms with Gasteiger partial charge in [-0.3, -0.25) is 14.4 Å². The smallest absolute Gasteiger partial charge is 0.258 e. The first-order valence-electron chi connectivity index (χ1n) is 10.5. The van der Waals surface area contributed by atoms with E-state index < -0.39 is 0 Å². The molecule has 154 valence electrons. The Morgan fingerprint density at radius 3 is 2.03 bits per heavy atom. The zero-order valence-corrected chi connectivity index (χ0v) is 17.8. The minimum atomic E-state index is -0.0329. The molecule has 0 unspecified atom stereocenters. The number of piperazine rings is 1. The maximum absolute atomic E-state index is 12.9. The quantitative estimate of drug-likeness (QED) is 0.634. The molecule has 0 spiro atoms. The van der Waals surface area contributed by atoms with Gasteiger partial charge in [-0.2, -0.15) is 5.10 Å². The van der Waals surface area contributed by atoms with Gasteiger partial charge in [0.25, 0.3) is 5.91 Å². The maximum atomic E-state index is 12.9. The molecule has 1 aliphatic carbocycles. The zero-order chi connectivity index (χ0) is 20.7. The highest BCUT2D eigenvalue weighted by atomic mass is 35.5. The number of hydrogen-bond acceptors (Lipinski definition) is 3. The van der Waals surface area contributed by atoms with Gasteiger partial charge in [-0.1, -0.05) is 60.1 Å². The van der Waals surface area contributed by atoms with E-state index in [-0.39, 0.29) is 11.9 Å². The Hall–Kier alpha value is -2.63. The Labute approximate surface area is 181 Å². The van der Waals surface area contributed by atoms with Gasteiger partial charge < -0.3 is 4.90 Å². The van der Waals surface area contributed by atoms with E-state index in [4.69, 9.17) is 11.6 Å². The summed E-state index contributed by atoms with van der Waals surface area (Å²) in [5.74, 6) is -0.0329. The number of halogens is 1. The molecular weight excluding hydrogens is 396 g/mol. The van der Waals surface area contributed by atoms with E-state index in [2.05, 4.69) is 58.5 Å². The van der Waals surface area contributed by atoms with Crippen molar-refractivity contribution >= 4 is 17.5 Å². The Bertz CT molecular complexity index is 1040. The van der Waals surface area contributed by atoms with Crippen molar-refractivity contribution in [1.29, 1.82) is 0 Å². The Morgan fingerprint density at radius 2 is 1.50 bits per heavy atom. The fourth-order valence-corrected chi connectivity index (χ4v) is 4.98. The summed E-state index contributed by atoms with van der Waals surface area (Å²) in [4.78, 5) is 17.4. The topological polar surface area (TPSA) is 41.4 Å². The molecular formula is C24H25ClN4O. The highest BCUT2D eigenvalue weighted by Crippen LogP contribution is 2.37. The van der Waals surface area contributed by atoms with Crippen LogP contribution in [0.5, 0.6) is 0 Å². The molecule has 2 aliphatic rings. The van der Waals surface area contributed by atoms with Crippen molar-refractivity contribution in [2.45, 2.75) is 18.9 Å². The van der Waals surface area contributed by atoms with Gasteiger partial charge in [-0.25, -0.2) is 0 Å². The molecule has 0 saturated carbocycles. The minimum Gasteiger partial charge on any atom is -0.336 e. The third-order valence-electron chi connectivity index (χ3n) is 6.43. The van der Waals surface area contributed by atoms with Gasteiger partial charge in [0.1, 0.15) is 5.15 Å². The van der Waals surface area contributed by atoms with E-state index in [1.807, 2.05) is 4.90 Å². The van der Waals surface area contributed by atoms with Gasteiger partial charge in [0.05, 0.1) is 17.8 Å². The summed E-state index contributed by atoms with van der Waals surface area (Å²) >= 11 is 6.25. The monoisotopic (exact) mass is 420 g/mol. The van der Waals surface area contributed by atoms with Crippen molar-refractivity contribution < 1.29 is 4.79 Å². The first kappa shape index (κ1) is 19.3. The Kier molecular flexibility index (Phi) is 5.09. The van der Waals surface area contributed by atoms with Crippen LogP contribution < -0.4 is 0 Å². The van der Waals surface area contributed by atoms with E-state index in [0.717, 1.165) is 25.9 Å². The average molecular weight is 421 g/mol. The molecule has 1 fully saturated rings. The molecule has 6 heteroatoms. The molecule has 2 aromatic carbocycles. The fraction of sp³-hybridized carbons (Fsp3) is 0.333. The molecule has 1 saturated heterocycles. The zero-order valence-electron chi connectivity index (χ0n) is 17.1. The van der Waals surface area contributed by atoms with Gasteiger partial charge in [0.15, 0.2) is 0 Å². The molecule has 5 rings (SSSR count). The second kappa shape index (κ2) is 7.89. The third kappa shape index (κ3) is 3.32. The highest BCUT2D eigenvalue weighted by Gasteiger charge is 2.32. The Morgan fingerprint density at radius 1 is 0.933 bits per heavy atom. The number of fused-ring (bicyclic) bond motifs is 2. The SMILES string of the molecule is Cn1ncc(C(=O)N2CCN(C3c4ccccc4CCc4ccccc43)CC2)c1Cl. The van der Waals surface area contributed by atoms with Crippen LogP contribution in [0.25, 0.3) is 0 Å². The lowest BCUT2D eigenvalue weighted by atomic mass is 9.92. The number of carbonyl (C=O) groups is 1. The summed E-state index contributed by atoms with van der Waals surface area (Å²) in [6.07, 6.45) is 3.71. The summed E-state index contributed by atoms with van der Waals surface area (Å²) < 4.78 is 1.53. The molecule has 0 atom stereocenters. The molecule has 0 radical (unpaired) electrons. The van der Waals surface area contributed by atoms with Crippen molar-refractivity contribution in [3.05, 3.63) is 87.7 Å². The lowest BCUT2D eigenvalue weighted by Gasteiger charge is -2.40. The predicted molar refractivity (Wildman–Crippen MR) is 118 cm³/mol. The van der Waals surface area contributed by atoms with Gasteiger partial charge in [-0.15, -0.1) is 0 Å². The van der Waals surface area contributed by atoms with Gasteiger partial charge in [0, 0.05) is 33.2 Å². The average Bonchev–Trinajstić information content (AvgIpc) is 3.02. The van der Waals surface area contributed by atoms with Crippen LogP contribution in [0.1, 0.15) is 38.7 Å². The summed E-state index contributed by atoms with van der Waals surface area (Å²) in [5, 5.41) is 4.51. The van der Waals surface area contributed by atoms with Crippen LogP contribution in [0.15, 0.2) is 54.7 Å². The summed E-state index contributed by atoms with van der Waals surface area (Å²) in [6, 6.07) is 17.9. The third-order valence-corrected chi connectivity index (χ3v) is 6.87. The van der Waals surface area contributed by atoms with Crippen molar-refractivity contribution in [3.8, 4) is 0 Å². The standard InChI is InChI=1S/C24H25ClN4O/c1-27-23(25)21(16-26-27)24(30)29-14-12-28(13-15-29)22-19-8-4-2-6-17(19)10-11-18-7-3-5-9-20(18)22/h2-9,16,22H,10-15H2,1H3. The van der Waals surface area contributed by atoms with E-state index in [9.17, 15) is 4.79 Å². The predicted octanol–water partition coefficient (Wildman–Crippen LogP) is 3.72. The molecule has 0 N–H and O–H groups in total. The van der Waals surface area contributed by atoms with Crippen LogP contribution >= 0.6 is 11.6 Å². The lowest BCUT2D eigenvalue weighted by molar-refractivity contribution is 0.0597. The first-order chi connectivity index (χ1) is 14.6. The van der Waals surface area contributed by atoms with E-state index >= 15 is 0 Å². The molecule has 1 aromatic heterocycles. The largest absolute Gasteiger partial charge is 0.336 e. The van der Waals surface area contributed by atoms with Crippen LogP contribution in [-0.2, 0) is 19.9 Å². The summed E-state index contributed by atoms with van der Waals surface area (Å²) in [5.41, 5.74) is 6.14.